The highest BCUT2D eigenvalue weighted by Crippen LogP contribution is 2.17. The molecule has 92 valence electrons. The Hall–Kier alpha value is -1.35. The molecular weight excluding hydrogens is 215 g/mol. The molecule has 0 aliphatic carbocycles. The van der Waals surface area contributed by atoms with E-state index in [4.69, 9.17) is 0 Å². The van der Waals surface area contributed by atoms with Gasteiger partial charge in [-0.25, -0.2) is 0 Å². The number of alkyl halides is 1. The van der Waals surface area contributed by atoms with Crippen molar-refractivity contribution in [2.75, 3.05) is 19.8 Å². The predicted molar refractivity (Wildman–Crippen MR) is 70.0 cm³/mol. The van der Waals surface area contributed by atoms with Crippen molar-refractivity contribution in [1.29, 1.82) is 0 Å². The lowest BCUT2D eigenvalue weighted by atomic mass is 10.1. The van der Waals surface area contributed by atoms with Crippen LogP contribution in [-0.2, 0) is 6.42 Å². The molecule has 0 amide bonds. The first kappa shape index (κ1) is 12.1. The minimum absolute atomic E-state index is 0.109. The zero-order chi connectivity index (χ0) is 12.1. The Kier molecular flexibility index (Phi) is 4.15. The monoisotopic (exact) mass is 234 g/mol. The molecule has 2 nitrogen and oxygen atoms in total. The van der Waals surface area contributed by atoms with E-state index in [2.05, 4.69) is 34.7 Å². The quantitative estimate of drug-likeness (QED) is 0.739. The lowest BCUT2D eigenvalue weighted by Crippen LogP contribution is -2.24. The van der Waals surface area contributed by atoms with Crippen molar-refractivity contribution >= 4 is 10.9 Å². The molecular formula is C14H19FN2. The van der Waals surface area contributed by atoms with Gasteiger partial charge in [-0.15, -0.1) is 0 Å². The molecule has 2 aromatic rings. The number of nitrogens with one attached hydrogen (secondary N) is 2. The molecule has 1 heterocycles. The van der Waals surface area contributed by atoms with Crippen LogP contribution in [0.2, 0.25) is 0 Å². The molecule has 0 bridgehead atoms. The van der Waals surface area contributed by atoms with E-state index >= 15 is 0 Å². The summed E-state index contributed by atoms with van der Waals surface area (Å²) in [6.07, 6.45) is 3.04. The van der Waals surface area contributed by atoms with Crippen molar-refractivity contribution in [3.8, 4) is 0 Å². The van der Waals surface area contributed by atoms with Crippen molar-refractivity contribution < 1.29 is 4.39 Å². The van der Waals surface area contributed by atoms with Gasteiger partial charge in [0.2, 0.25) is 0 Å². The first-order chi connectivity index (χ1) is 8.31. The van der Waals surface area contributed by atoms with Crippen molar-refractivity contribution in [3.63, 3.8) is 0 Å². The minimum Gasteiger partial charge on any atom is -0.361 e. The van der Waals surface area contributed by atoms with Crippen molar-refractivity contribution in [2.45, 2.75) is 13.3 Å². The third-order valence-electron chi connectivity index (χ3n) is 3.00. The summed E-state index contributed by atoms with van der Waals surface area (Å²) >= 11 is 0. The number of H-pyrrole nitrogens is 1. The van der Waals surface area contributed by atoms with Crippen LogP contribution in [0.5, 0.6) is 0 Å². The van der Waals surface area contributed by atoms with Crippen LogP contribution < -0.4 is 5.32 Å². The molecule has 3 heteroatoms. The zero-order valence-corrected chi connectivity index (χ0v) is 10.2. The smallest absolute Gasteiger partial charge is 0.0932 e. The summed E-state index contributed by atoms with van der Waals surface area (Å²) in [5, 5.41) is 4.57. The summed E-state index contributed by atoms with van der Waals surface area (Å²) in [5.74, 6) is 0.109. The molecule has 0 spiro atoms. The van der Waals surface area contributed by atoms with Crippen LogP contribution in [0.1, 0.15) is 12.5 Å². The molecule has 2 N–H and O–H groups in total. The summed E-state index contributed by atoms with van der Waals surface area (Å²) in [4.78, 5) is 3.26. The van der Waals surface area contributed by atoms with Gasteiger partial charge in [-0.2, -0.15) is 0 Å². The van der Waals surface area contributed by atoms with E-state index in [9.17, 15) is 4.39 Å². The molecule has 0 radical (unpaired) electrons. The number of rotatable bonds is 6. The molecule has 0 fully saturated rings. The Bertz CT molecular complexity index is 464. The topological polar surface area (TPSA) is 27.8 Å². The van der Waals surface area contributed by atoms with Gasteiger partial charge in [0, 0.05) is 23.6 Å². The number of para-hydroxylation sites is 1. The normalized spacial score (nSPS) is 13.1. The van der Waals surface area contributed by atoms with Crippen LogP contribution in [-0.4, -0.2) is 24.7 Å². The van der Waals surface area contributed by atoms with Crippen LogP contribution in [0.25, 0.3) is 10.9 Å². The number of aromatic amines is 1. The van der Waals surface area contributed by atoms with Gasteiger partial charge in [0.05, 0.1) is 6.67 Å². The Labute approximate surface area is 101 Å². The fraction of sp³-hybridized carbons (Fsp3) is 0.429. The summed E-state index contributed by atoms with van der Waals surface area (Å²) in [6.45, 7) is 3.31. The second-order valence-electron chi connectivity index (χ2n) is 4.57. The molecule has 0 saturated heterocycles. The zero-order valence-electron chi connectivity index (χ0n) is 10.2. The highest BCUT2D eigenvalue weighted by atomic mass is 19.1. The van der Waals surface area contributed by atoms with Crippen LogP contribution in [0.15, 0.2) is 30.5 Å². The van der Waals surface area contributed by atoms with Gasteiger partial charge in [0.25, 0.3) is 0 Å². The molecule has 1 unspecified atom stereocenters. The van der Waals surface area contributed by atoms with E-state index in [-0.39, 0.29) is 12.6 Å². The number of benzene rings is 1. The highest BCUT2D eigenvalue weighted by molar-refractivity contribution is 5.83. The van der Waals surface area contributed by atoms with Gasteiger partial charge in [-0.3, -0.25) is 4.39 Å². The van der Waals surface area contributed by atoms with Crippen molar-refractivity contribution in [1.82, 2.24) is 10.3 Å². The first-order valence-electron chi connectivity index (χ1n) is 6.13. The average molecular weight is 234 g/mol. The number of hydrogen-bond acceptors (Lipinski definition) is 1. The summed E-state index contributed by atoms with van der Waals surface area (Å²) in [6, 6.07) is 8.30. The Morgan fingerprint density at radius 1 is 1.35 bits per heavy atom. The second-order valence-corrected chi connectivity index (χ2v) is 4.57. The van der Waals surface area contributed by atoms with Crippen molar-refractivity contribution in [3.05, 3.63) is 36.0 Å². The number of hydrogen-bond donors (Lipinski definition) is 2. The van der Waals surface area contributed by atoms with Gasteiger partial charge in [0.15, 0.2) is 0 Å². The van der Waals surface area contributed by atoms with Crippen LogP contribution in [0.3, 0.4) is 0 Å². The van der Waals surface area contributed by atoms with E-state index in [1.165, 1.54) is 16.5 Å². The average Bonchev–Trinajstić information content (AvgIpc) is 2.78. The predicted octanol–water partition coefficient (Wildman–Crippen LogP) is 2.91. The second kappa shape index (κ2) is 5.82. The highest BCUT2D eigenvalue weighted by Gasteiger charge is 2.03. The first-order valence-corrected chi connectivity index (χ1v) is 6.13. The molecule has 1 aromatic heterocycles. The van der Waals surface area contributed by atoms with Gasteiger partial charge in [0.1, 0.15) is 0 Å². The summed E-state index contributed by atoms with van der Waals surface area (Å²) in [5.41, 5.74) is 2.50. The number of halogens is 1. The van der Waals surface area contributed by atoms with Crippen LogP contribution in [0.4, 0.5) is 4.39 Å². The van der Waals surface area contributed by atoms with Gasteiger partial charge < -0.3 is 10.3 Å². The molecule has 0 aliphatic rings. The Balaban J connectivity index is 1.87. The third-order valence-corrected chi connectivity index (χ3v) is 3.00. The maximum atomic E-state index is 12.3. The largest absolute Gasteiger partial charge is 0.361 e. The maximum absolute atomic E-state index is 12.3. The van der Waals surface area contributed by atoms with Gasteiger partial charge in [-0.05, 0) is 30.5 Å². The minimum atomic E-state index is -0.250. The van der Waals surface area contributed by atoms with E-state index in [1.807, 2.05) is 13.0 Å². The van der Waals surface area contributed by atoms with Gasteiger partial charge in [-0.1, -0.05) is 25.1 Å². The standard InChI is InChI=1S/C14H19FN2/c1-11(8-15)9-16-7-6-12-10-17-14-5-3-2-4-13(12)14/h2-5,10-11,16-17H,6-9H2,1H3. The van der Waals surface area contributed by atoms with E-state index in [0.29, 0.717) is 0 Å². The number of aromatic nitrogens is 1. The molecule has 0 aliphatic heterocycles. The van der Waals surface area contributed by atoms with Crippen molar-refractivity contribution in [2.24, 2.45) is 5.92 Å². The van der Waals surface area contributed by atoms with E-state index in [1.54, 1.807) is 0 Å². The van der Waals surface area contributed by atoms with Crippen LogP contribution in [0, 0.1) is 5.92 Å². The Morgan fingerprint density at radius 2 is 2.18 bits per heavy atom. The summed E-state index contributed by atoms with van der Waals surface area (Å²) < 4.78 is 12.3. The third kappa shape index (κ3) is 3.07. The Morgan fingerprint density at radius 3 is 3.00 bits per heavy atom. The molecule has 17 heavy (non-hydrogen) atoms. The van der Waals surface area contributed by atoms with Crippen LogP contribution >= 0.6 is 0 Å². The van der Waals surface area contributed by atoms with E-state index in [0.717, 1.165) is 19.5 Å². The molecule has 2 rings (SSSR count). The SMILES string of the molecule is CC(CF)CNCCc1c[nH]c2ccccc12. The van der Waals surface area contributed by atoms with E-state index < -0.39 is 0 Å². The fourth-order valence-electron chi connectivity index (χ4n) is 1.96. The molecule has 0 saturated carbocycles. The lowest BCUT2D eigenvalue weighted by molar-refractivity contribution is 0.369. The molecule has 1 atom stereocenters. The number of fused-ring (bicyclic) bond motifs is 1. The van der Waals surface area contributed by atoms with Gasteiger partial charge >= 0.3 is 0 Å². The molecule has 1 aromatic carbocycles. The lowest BCUT2D eigenvalue weighted by Gasteiger charge is -2.08. The summed E-state index contributed by atoms with van der Waals surface area (Å²) in [7, 11) is 0. The fourth-order valence-corrected chi connectivity index (χ4v) is 1.96. The maximum Gasteiger partial charge on any atom is 0.0932 e.